The SMILES string of the molecule is COC(=O)C1COCC(Oc2ccc(-c3nnn(C)c3COC(=O)Oc3ccc([N+](=O)[O-])cc3)nc2C)C1. The molecule has 3 heterocycles. The van der Waals surface area contributed by atoms with Gasteiger partial charge in [0.25, 0.3) is 5.69 Å². The van der Waals surface area contributed by atoms with Crippen LogP contribution in [0.1, 0.15) is 17.8 Å². The Balaban J connectivity index is 1.40. The van der Waals surface area contributed by atoms with E-state index in [2.05, 4.69) is 15.3 Å². The summed E-state index contributed by atoms with van der Waals surface area (Å²) in [7, 11) is 2.98. The molecule has 1 aromatic carbocycles. The van der Waals surface area contributed by atoms with Crippen LogP contribution >= 0.6 is 0 Å². The first-order valence-corrected chi connectivity index (χ1v) is 11.5. The summed E-state index contributed by atoms with van der Waals surface area (Å²) in [6.07, 6.45) is -0.865. The zero-order chi connectivity index (χ0) is 27.2. The smallest absolute Gasteiger partial charge is 0.486 e. The van der Waals surface area contributed by atoms with Crippen LogP contribution in [0.4, 0.5) is 10.5 Å². The van der Waals surface area contributed by atoms with E-state index in [1.807, 2.05) is 0 Å². The van der Waals surface area contributed by atoms with Crippen LogP contribution in [0.2, 0.25) is 0 Å². The normalized spacial score (nSPS) is 16.9. The van der Waals surface area contributed by atoms with Gasteiger partial charge in [-0.15, -0.1) is 5.10 Å². The van der Waals surface area contributed by atoms with Crippen LogP contribution in [0.25, 0.3) is 11.4 Å². The summed E-state index contributed by atoms with van der Waals surface area (Å²) in [6.45, 7) is 2.20. The minimum atomic E-state index is -1.00. The van der Waals surface area contributed by atoms with E-state index in [0.717, 1.165) is 0 Å². The summed E-state index contributed by atoms with van der Waals surface area (Å²) in [6, 6.07) is 8.45. The number of benzene rings is 1. The van der Waals surface area contributed by atoms with E-state index >= 15 is 0 Å². The molecule has 0 radical (unpaired) electrons. The number of nitro groups is 1. The first kappa shape index (κ1) is 26.5. The standard InChI is InChI=1S/C24H25N5O9/c1-14-21(37-18-10-15(11-35-12-18)23(30)34-3)9-8-19(25-14)22-20(28(2)27-26-22)13-36-24(31)38-17-6-4-16(5-7-17)29(32)33/h4-9,15,18H,10-13H2,1-3H3. The lowest BCUT2D eigenvalue weighted by molar-refractivity contribution is -0.384. The Hall–Kier alpha value is -4.59. The minimum Gasteiger partial charge on any atom is -0.486 e. The number of hydrogen-bond donors (Lipinski definition) is 0. The molecule has 14 heteroatoms. The van der Waals surface area contributed by atoms with Crippen LogP contribution in [0, 0.1) is 23.0 Å². The third-order valence-electron chi connectivity index (χ3n) is 5.80. The van der Waals surface area contributed by atoms with E-state index in [4.69, 9.17) is 23.7 Å². The molecule has 2 unspecified atom stereocenters. The quantitative estimate of drug-likeness (QED) is 0.182. The van der Waals surface area contributed by atoms with Crippen LogP contribution in [0.5, 0.6) is 11.5 Å². The number of rotatable bonds is 8. The minimum absolute atomic E-state index is 0.0955. The predicted molar refractivity (Wildman–Crippen MR) is 128 cm³/mol. The molecule has 2 atom stereocenters. The number of esters is 1. The first-order valence-electron chi connectivity index (χ1n) is 11.5. The Kier molecular flexibility index (Phi) is 8.11. The van der Waals surface area contributed by atoms with Crippen LogP contribution < -0.4 is 9.47 Å². The van der Waals surface area contributed by atoms with Gasteiger partial charge >= 0.3 is 12.1 Å². The molecule has 38 heavy (non-hydrogen) atoms. The van der Waals surface area contributed by atoms with Crippen molar-refractivity contribution in [2.75, 3.05) is 20.3 Å². The second-order valence-electron chi connectivity index (χ2n) is 8.41. The highest BCUT2D eigenvalue weighted by Gasteiger charge is 2.30. The van der Waals surface area contributed by atoms with E-state index in [-0.39, 0.29) is 36.0 Å². The van der Waals surface area contributed by atoms with Gasteiger partial charge in [-0.05, 0) is 31.2 Å². The fourth-order valence-corrected chi connectivity index (χ4v) is 3.82. The summed E-state index contributed by atoms with van der Waals surface area (Å²) < 4.78 is 28.0. The van der Waals surface area contributed by atoms with Crippen molar-refractivity contribution >= 4 is 17.8 Å². The molecule has 0 saturated carbocycles. The molecule has 14 nitrogen and oxygen atoms in total. The van der Waals surface area contributed by atoms with Gasteiger partial charge in [0.05, 0.1) is 42.6 Å². The van der Waals surface area contributed by atoms with Gasteiger partial charge in [0.1, 0.15) is 35.6 Å². The number of aryl methyl sites for hydroxylation is 2. The molecule has 1 aliphatic heterocycles. The van der Waals surface area contributed by atoms with Gasteiger partial charge < -0.3 is 23.7 Å². The number of non-ortho nitro benzene ring substituents is 1. The highest BCUT2D eigenvalue weighted by molar-refractivity contribution is 5.72. The molecule has 0 aliphatic carbocycles. The Morgan fingerprint density at radius 1 is 1.18 bits per heavy atom. The third-order valence-corrected chi connectivity index (χ3v) is 5.80. The highest BCUT2D eigenvalue weighted by atomic mass is 16.7. The molecule has 0 spiro atoms. The van der Waals surface area contributed by atoms with Crippen molar-refractivity contribution in [3.63, 3.8) is 0 Å². The molecule has 3 aromatic rings. The zero-order valence-corrected chi connectivity index (χ0v) is 20.9. The summed E-state index contributed by atoms with van der Waals surface area (Å²) in [4.78, 5) is 38.8. The van der Waals surface area contributed by atoms with E-state index in [0.29, 0.717) is 48.2 Å². The largest absolute Gasteiger partial charge is 0.514 e. The number of carbonyl (C=O) groups excluding carboxylic acids is 2. The van der Waals surface area contributed by atoms with Crippen LogP contribution in [-0.2, 0) is 32.7 Å². The molecule has 1 fully saturated rings. The van der Waals surface area contributed by atoms with Crippen LogP contribution in [-0.4, -0.2) is 63.5 Å². The first-order chi connectivity index (χ1) is 18.2. The van der Waals surface area contributed by atoms with Crippen molar-refractivity contribution in [3.8, 4) is 22.9 Å². The Bertz CT molecular complexity index is 1330. The number of aromatic nitrogens is 4. The Morgan fingerprint density at radius 2 is 1.95 bits per heavy atom. The van der Waals surface area contributed by atoms with Crippen LogP contribution in [0.3, 0.4) is 0 Å². The lowest BCUT2D eigenvalue weighted by Crippen LogP contribution is -2.37. The highest BCUT2D eigenvalue weighted by Crippen LogP contribution is 2.27. The maximum absolute atomic E-state index is 12.2. The molecule has 1 aliphatic rings. The molecule has 0 bridgehead atoms. The number of carbonyl (C=O) groups is 2. The lowest BCUT2D eigenvalue weighted by atomic mass is 10.0. The summed E-state index contributed by atoms with van der Waals surface area (Å²) in [5.41, 5.74) is 1.80. The van der Waals surface area contributed by atoms with Crippen molar-refractivity contribution in [2.24, 2.45) is 13.0 Å². The molecule has 0 amide bonds. The zero-order valence-electron chi connectivity index (χ0n) is 20.9. The van der Waals surface area contributed by atoms with Gasteiger partial charge in [-0.2, -0.15) is 0 Å². The van der Waals surface area contributed by atoms with Crippen molar-refractivity contribution in [1.82, 2.24) is 20.0 Å². The van der Waals surface area contributed by atoms with E-state index in [1.165, 1.54) is 36.1 Å². The second kappa shape index (κ2) is 11.6. The lowest BCUT2D eigenvalue weighted by Gasteiger charge is -2.28. The van der Waals surface area contributed by atoms with Gasteiger partial charge in [0.2, 0.25) is 0 Å². The average Bonchev–Trinajstić information content (AvgIpc) is 3.28. The average molecular weight is 527 g/mol. The monoisotopic (exact) mass is 527 g/mol. The number of hydrogen-bond acceptors (Lipinski definition) is 12. The molecule has 200 valence electrons. The van der Waals surface area contributed by atoms with Crippen molar-refractivity contribution in [2.45, 2.75) is 26.1 Å². The fraction of sp³-hybridized carbons (Fsp3) is 0.375. The molecular formula is C24H25N5O9. The topological polar surface area (TPSA) is 167 Å². The third kappa shape index (κ3) is 6.21. The van der Waals surface area contributed by atoms with E-state index < -0.39 is 11.1 Å². The molecular weight excluding hydrogens is 502 g/mol. The second-order valence-corrected chi connectivity index (χ2v) is 8.41. The number of methoxy groups -OCH3 is 1. The summed E-state index contributed by atoms with van der Waals surface area (Å²) >= 11 is 0. The summed E-state index contributed by atoms with van der Waals surface area (Å²) in [5.74, 6) is -0.0996. The molecule has 4 rings (SSSR count). The molecule has 0 N–H and O–H groups in total. The predicted octanol–water partition coefficient (Wildman–Crippen LogP) is 2.77. The molecule has 1 saturated heterocycles. The van der Waals surface area contributed by atoms with Gasteiger partial charge in [0.15, 0.2) is 0 Å². The van der Waals surface area contributed by atoms with Crippen molar-refractivity contribution in [1.29, 1.82) is 0 Å². The van der Waals surface area contributed by atoms with Gasteiger partial charge in [-0.3, -0.25) is 14.9 Å². The number of ether oxygens (including phenoxy) is 5. The molecule has 2 aromatic heterocycles. The van der Waals surface area contributed by atoms with Gasteiger partial charge in [-0.25, -0.2) is 14.5 Å². The number of nitro benzene ring substituents is 1. The van der Waals surface area contributed by atoms with Gasteiger partial charge in [-0.1, -0.05) is 5.21 Å². The van der Waals surface area contributed by atoms with Crippen LogP contribution in [0.15, 0.2) is 36.4 Å². The maximum Gasteiger partial charge on any atom is 0.514 e. The van der Waals surface area contributed by atoms with Crippen molar-refractivity contribution < 1.29 is 38.2 Å². The van der Waals surface area contributed by atoms with Gasteiger partial charge in [0, 0.05) is 25.6 Å². The van der Waals surface area contributed by atoms with E-state index in [1.54, 1.807) is 26.1 Å². The maximum atomic E-state index is 12.2. The number of pyridine rings is 1. The Labute approximate surface area is 216 Å². The van der Waals surface area contributed by atoms with E-state index in [9.17, 15) is 19.7 Å². The number of nitrogens with zero attached hydrogens (tertiary/aromatic N) is 5. The van der Waals surface area contributed by atoms with Crippen molar-refractivity contribution in [3.05, 3.63) is 57.9 Å². The fourth-order valence-electron chi connectivity index (χ4n) is 3.82. The Morgan fingerprint density at radius 3 is 2.63 bits per heavy atom. The summed E-state index contributed by atoms with van der Waals surface area (Å²) in [5, 5.41) is 18.9.